The maximum absolute atomic E-state index is 11.2. The molecular weight excluding hydrogens is 256 g/mol. The summed E-state index contributed by atoms with van der Waals surface area (Å²) in [5.41, 5.74) is 5.58. The van der Waals surface area contributed by atoms with Gasteiger partial charge in [0, 0.05) is 23.9 Å². The highest BCUT2D eigenvalue weighted by molar-refractivity contribution is 5.94. The number of nitrogens with zero attached hydrogens (tertiary/aromatic N) is 3. The predicted molar refractivity (Wildman–Crippen MR) is 75.7 cm³/mol. The summed E-state index contributed by atoms with van der Waals surface area (Å²) in [4.78, 5) is 13.1. The normalized spacial score (nSPS) is 22.4. The molecular formula is C14H16N4O2. The van der Waals surface area contributed by atoms with Crippen LogP contribution in [0.2, 0.25) is 0 Å². The summed E-state index contributed by atoms with van der Waals surface area (Å²) in [7, 11) is 0. The molecule has 1 saturated heterocycles. The lowest BCUT2D eigenvalue weighted by molar-refractivity contribution is -0.142. The zero-order chi connectivity index (χ0) is 14.3. The Morgan fingerprint density at radius 2 is 2.05 bits per heavy atom. The van der Waals surface area contributed by atoms with Gasteiger partial charge in [0.2, 0.25) is 0 Å². The summed E-state index contributed by atoms with van der Waals surface area (Å²) in [6, 6.07) is 7.86. The van der Waals surface area contributed by atoms with E-state index in [2.05, 4.69) is 10.2 Å². The molecule has 0 radical (unpaired) electrons. The molecule has 1 aliphatic heterocycles. The monoisotopic (exact) mass is 272 g/mol. The van der Waals surface area contributed by atoms with Crippen molar-refractivity contribution in [1.29, 1.82) is 0 Å². The summed E-state index contributed by atoms with van der Waals surface area (Å²) in [5.74, 6) is -0.260. The number of hydrogen-bond donors (Lipinski definition) is 2. The molecule has 0 saturated carbocycles. The van der Waals surface area contributed by atoms with Crippen LogP contribution in [-0.2, 0) is 4.79 Å². The van der Waals surface area contributed by atoms with Crippen molar-refractivity contribution < 1.29 is 9.90 Å². The van der Waals surface area contributed by atoms with Gasteiger partial charge in [0.1, 0.15) is 5.54 Å². The number of aromatic nitrogens is 2. The van der Waals surface area contributed by atoms with Crippen molar-refractivity contribution in [2.45, 2.75) is 18.9 Å². The van der Waals surface area contributed by atoms with Crippen LogP contribution in [0.3, 0.4) is 0 Å². The van der Waals surface area contributed by atoms with Gasteiger partial charge in [-0.05, 0) is 13.3 Å². The highest BCUT2D eigenvalue weighted by atomic mass is 16.4. The fourth-order valence-electron chi connectivity index (χ4n) is 2.65. The first-order valence-electron chi connectivity index (χ1n) is 6.50. The van der Waals surface area contributed by atoms with Gasteiger partial charge in [-0.25, -0.2) is 0 Å². The van der Waals surface area contributed by atoms with E-state index in [1.54, 1.807) is 0 Å². The van der Waals surface area contributed by atoms with Crippen LogP contribution in [0.5, 0.6) is 0 Å². The molecule has 6 heteroatoms. The van der Waals surface area contributed by atoms with Gasteiger partial charge >= 0.3 is 5.97 Å². The van der Waals surface area contributed by atoms with E-state index in [1.807, 2.05) is 36.1 Å². The van der Waals surface area contributed by atoms with Gasteiger partial charge in [0.15, 0.2) is 5.82 Å². The van der Waals surface area contributed by atoms with Crippen LogP contribution in [0, 0.1) is 6.92 Å². The molecule has 1 aromatic heterocycles. The van der Waals surface area contributed by atoms with E-state index in [4.69, 9.17) is 5.73 Å². The summed E-state index contributed by atoms with van der Waals surface area (Å²) in [5, 5.41) is 19.6. The Hall–Kier alpha value is -2.21. The first kappa shape index (κ1) is 12.8. The Morgan fingerprint density at radius 1 is 1.35 bits per heavy atom. The van der Waals surface area contributed by atoms with E-state index in [-0.39, 0.29) is 6.54 Å². The highest BCUT2D eigenvalue weighted by Gasteiger charge is 2.42. The van der Waals surface area contributed by atoms with E-state index in [1.165, 1.54) is 0 Å². The van der Waals surface area contributed by atoms with Crippen molar-refractivity contribution in [2.24, 2.45) is 5.73 Å². The third-order valence-corrected chi connectivity index (χ3v) is 3.88. The van der Waals surface area contributed by atoms with Crippen LogP contribution in [0.15, 0.2) is 24.3 Å². The Morgan fingerprint density at radius 3 is 2.70 bits per heavy atom. The Kier molecular flexibility index (Phi) is 2.83. The SMILES string of the molecule is Cc1nnc(N2CCC(N)(C(=O)O)C2)c2ccccc12. The Balaban J connectivity index is 2.05. The Labute approximate surface area is 116 Å². The average Bonchev–Trinajstić information content (AvgIpc) is 2.83. The minimum Gasteiger partial charge on any atom is -0.480 e. The lowest BCUT2D eigenvalue weighted by Crippen LogP contribution is -2.50. The third kappa shape index (κ3) is 1.89. The maximum Gasteiger partial charge on any atom is 0.325 e. The molecule has 0 aliphatic carbocycles. The number of anilines is 1. The quantitative estimate of drug-likeness (QED) is 0.845. The number of rotatable bonds is 2. The van der Waals surface area contributed by atoms with Gasteiger partial charge in [-0.3, -0.25) is 4.79 Å². The largest absolute Gasteiger partial charge is 0.480 e. The first-order valence-corrected chi connectivity index (χ1v) is 6.50. The molecule has 20 heavy (non-hydrogen) atoms. The molecule has 0 amide bonds. The van der Waals surface area contributed by atoms with Gasteiger partial charge in [-0.2, -0.15) is 5.10 Å². The average molecular weight is 272 g/mol. The molecule has 1 aliphatic rings. The van der Waals surface area contributed by atoms with Crippen LogP contribution in [0.4, 0.5) is 5.82 Å². The Bertz CT molecular complexity index is 688. The molecule has 3 N–H and O–H groups in total. The molecule has 1 atom stereocenters. The first-order chi connectivity index (χ1) is 9.51. The molecule has 2 heterocycles. The molecule has 6 nitrogen and oxygen atoms in total. The van der Waals surface area contributed by atoms with Crippen molar-refractivity contribution in [1.82, 2.24) is 10.2 Å². The number of carboxylic acids is 1. The van der Waals surface area contributed by atoms with E-state index < -0.39 is 11.5 Å². The number of nitrogens with two attached hydrogens (primary N) is 1. The summed E-state index contributed by atoms with van der Waals surface area (Å²) in [6.45, 7) is 2.74. The van der Waals surface area contributed by atoms with E-state index in [9.17, 15) is 9.90 Å². The topological polar surface area (TPSA) is 92.3 Å². The van der Waals surface area contributed by atoms with Gasteiger partial charge in [0.05, 0.1) is 5.69 Å². The molecule has 1 aromatic carbocycles. The lowest BCUT2D eigenvalue weighted by atomic mass is 10.0. The van der Waals surface area contributed by atoms with E-state index >= 15 is 0 Å². The summed E-state index contributed by atoms with van der Waals surface area (Å²) >= 11 is 0. The van der Waals surface area contributed by atoms with Crippen LogP contribution in [0.1, 0.15) is 12.1 Å². The zero-order valence-electron chi connectivity index (χ0n) is 11.2. The number of aryl methyl sites for hydroxylation is 1. The van der Waals surface area contributed by atoms with Crippen molar-refractivity contribution in [3.63, 3.8) is 0 Å². The van der Waals surface area contributed by atoms with Crippen molar-refractivity contribution >= 4 is 22.6 Å². The minimum atomic E-state index is -1.20. The fraction of sp³-hybridized carbons (Fsp3) is 0.357. The molecule has 2 aromatic rings. The second-order valence-corrected chi connectivity index (χ2v) is 5.29. The third-order valence-electron chi connectivity index (χ3n) is 3.88. The van der Waals surface area contributed by atoms with Crippen LogP contribution >= 0.6 is 0 Å². The molecule has 1 fully saturated rings. The highest BCUT2D eigenvalue weighted by Crippen LogP contribution is 2.30. The van der Waals surface area contributed by atoms with Crippen LogP contribution < -0.4 is 10.6 Å². The number of hydrogen-bond acceptors (Lipinski definition) is 5. The molecule has 3 rings (SSSR count). The second kappa shape index (κ2) is 4.42. The standard InChI is InChI=1S/C14H16N4O2/c1-9-10-4-2-3-5-11(10)12(17-16-9)18-7-6-14(15,8-18)13(19)20/h2-5H,6-8,15H2,1H3,(H,19,20). The number of carboxylic acid groups (broad SMARTS) is 1. The number of benzene rings is 1. The molecule has 1 unspecified atom stereocenters. The van der Waals surface area contributed by atoms with Crippen molar-refractivity contribution in [3.8, 4) is 0 Å². The van der Waals surface area contributed by atoms with E-state index in [0.29, 0.717) is 18.8 Å². The van der Waals surface area contributed by atoms with Gasteiger partial charge in [0.25, 0.3) is 0 Å². The molecule has 0 spiro atoms. The molecule has 0 bridgehead atoms. The number of carbonyl (C=O) groups is 1. The van der Waals surface area contributed by atoms with Crippen molar-refractivity contribution in [3.05, 3.63) is 30.0 Å². The van der Waals surface area contributed by atoms with Crippen LogP contribution in [-0.4, -0.2) is 39.9 Å². The second-order valence-electron chi connectivity index (χ2n) is 5.29. The predicted octanol–water partition coefficient (Wildman–Crippen LogP) is 0.930. The lowest BCUT2D eigenvalue weighted by Gasteiger charge is -2.21. The van der Waals surface area contributed by atoms with Crippen LogP contribution in [0.25, 0.3) is 10.8 Å². The van der Waals surface area contributed by atoms with Gasteiger partial charge < -0.3 is 15.7 Å². The summed E-state index contributed by atoms with van der Waals surface area (Å²) < 4.78 is 0. The van der Waals surface area contributed by atoms with Gasteiger partial charge in [-0.15, -0.1) is 5.10 Å². The molecule has 104 valence electrons. The zero-order valence-corrected chi connectivity index (χ0v) is 11.2. The van der Waals surface area contributed by atoms with E-state index in [0.717, 1.165) is 16.5 Å². The number of fused-ring (bicyclic) bond motifs is 1. The fourth-order valence-corrected chi connectivity index (χ4v) is 2.65. The minimum absolute atomic E-state index is 0.254. The smallest absolute Gasteiger partial charge is 0.325 e. The number of aliphatic carboxylic acids is 1. The van der Waals surface area contributed by atoms with Gasteiger partial charge in [-0.1, -0.05) is 24.3 Å². The maximum atomic E-state index is 11.2. The summed E-state index contributed by atoms with van der Waals surface area (Å²) in [6.07, 6.45) is 0.409. The van der Waals surface area contributed by atoms with Crippen molar-refractivity contribution in [2.75, 3.05) is 18.0 Å².